The van der Waals surface area contributed by atoms with E-state index in [-0.39, 0.29) is 18.2 Å². The number of rotatable bonds is 3. The molecule has 0 aliphatic heterocycles. The van der Waals surface area contributed by atoms with Crippen molar-refractivity contribution in [2.75, 3.05) is 0 Å². The number of furan rings is 1. The minimum absolute atomic E-state index is 0.0179. The lowest BCUT2D eigenvalue weighted by molar-refractivity contribution is 0.134. The van der Waals surface area contributed by atoms with E-state index in [4.69, 9.17) is 4.42 Å². The highest BCUT2D eigenvalue weighted by molar-refractivity contribution is 5.36. The minimum atomic E-state index is -0.366. The second-order valence-corrected chi connectivity index (χ2v) is 5.30. The van der Waals surface area contributed by atoms with Crippen LogP contribution in [0.4, 0.5) is 0 Å². The number of hydrogen-bond donors (Lipinski definition) is 2. The van der Waals surface area contributed by atoms with Crippen molar-refractivity contribution in [2.45, 2.75) is 38.5 Å². The molecule has 1 aromatic heterocycles. The lowest BCUT2D eigenvalue weighted by Gasteiger charge is -2.22. The first-order valence-electron chi connectivity index (χ1n) is 6.72. The van der Waals surface area contributed by atoms with Gasteiger partial charge in [-0.2, -0.15) is 0 Å². The standard InChI is InChI=1S/C16H19NO2/c1-10-7-8-19-16(10)11(2)17-15-13-6-4-3-5-12(13)9-14(15)18/h3-8,11,14-15,17-18H,9H2,1-2H3. The summed E-state index contributed by atoms with van der Waals surface area (Å²) < 4.78 is 5.52. The number of aliphatic hydroxyl groups is 1. The molecule has 1 aliphatic carbocycles. The Morgan fingerprint density at radius 3 is 2.84 bits per heavy atom. The van der Waals surface area contributed by atoms with E-state index in [2.05, 4.69) is 24.4 Å². The van der Waals surface area contributed by atoms with Gasteiger partial charge in [0.1, 0.15) is 5.76 Å². The van der Waals surface area contributed by atoms with Gasteiger partial charge >= 0.3 is 0 Å². The Kier molecular flexibility index (Phi) is 3.17. The number of aliphatic hydroxyl groups excluding tert-OH is 1. The molecule has 100 valence electrons. The molecule has 3 rings (SSSR count). The molecule has 1 heterocycles. The molecule has 0 bridgehead atoms. The molecule has 19 heavy (non-hydrogen) atoms. The molecule has 0 saturated heterocycles. The van der Waals surface area contributed by atoms with Crippen molar-refractivity contribution in [3.8, 4) is 0 Å². The number of hydrogen-bond acceptors (Lipinski definition) is 3. The summed E-state index contributed by atoms with van der Waals surface area (Å²) in [5, 5.41) is 13.7. The van der Waals surface area contributed by atoms with Crippen molar-refractivity contribution in [3.63, 3.8) is 0 Å². The maximum Gasteiger partial charge on any atom is 0.123 e. The van der Waals surface area contributed by atoms with Crippen molar-refractivity contribution >= 4 is 0 Å². The monoisotopic (exact) mass is 257 g/mol. The normalized spacial score (nSPS) is 23.3. The summed E-state index contributed by atoms with van der Waals surface area (Å²) in [6.45, 7) is 4.11. The quantitative estimate of drug-likeness (QED) is 0.888. The van der Waals surface area contributed by atoms with Crippen LogP contribution in [-0.4, -0.2) is 11.2 Å². The molecule has 2 N–H and O–H groups in total. The summed E-state index contributed by atoms with van der Waals surface area (Å²) in [5.74, 6) is 0.941. The van der Waals surface area contributed by atoms with Gasteiger partial charge in [-0.1, -0.05) is 24.3 Å². The number of aryl methyl sites for hydroxylation is 1. The zero-order valence-corrected chi connectivity index (χ0v) is 11.3. The fraction of sp³-hybridized carbons (Fsp3) is 0.375. The molecule has 0 fully saturated rings. The molecule has 3 atom stereocenters. The summed E-state index contributed by atoms with van der Waals surface area (Å²) in [4.78, 5) is 0. The Hall–Kier alpha value is -1.58. The first kappa shape index (κ1) is 12.5. The zero-order valence-electron chi connectivity index (χ0n) is 11.3. The Morgan fingerprint density at radius 1 is 1.32 bits per heavy atom. The minimum Gasteiger partial charge on any atom is -0.467 e. The molecular formula is C16H19NO2. The largest absolute Gasteiger partial charge is 0.467 e. The lowest BCUT2D eigenvalue weighted by atomic mass is 10.1. The van der Waals surface area contributed by atoms with Crippen molar-refractivity contribution in [3.05, 3.63) is 59.0 Å². The fourth-order valence-electron chi connectivity index (χ4n) is 2.95. The summed E-state index contributed by atoms with van der Waals surface area (Å²) in [5.41, 5.74) is 3.57. The van der Waals surface area contributed by atoms with Crippen LogP contribution in [0.15, 0.2) is 41.0 Å². The molecule has 3 heteroatoms. The average Bonchev–Trinajstić information content (AvgIpc) is 2.94. The number of nitrogens with one attached hydrogen (secondary N) is 1. The molecular weight excluding hydrogens is 238 g/mol. The van der Waals surface area contributed by atoms with Gasteiger partial charge in [-0.15, -0.1) is 0 Å². The van der Waals surface area contributed by atoms with Gasteiger partial charge in [0.15, 0.2) is 0 Å². The van der Waals surface area contributed by atoms with Gasteiger partial charge in [-0.25, -0.2) is 0 Å². The number of benzene rings is 1. The highest BCUT2D eigenvalue weighted by Gasteiger charge is 2.32. The van der Waals surface area contributed by atoms with Crippen LogP contribution in [0.2, 0.25) is 0 Å². The maximum absolute atomic E-state index is 10.2. The van der Waals surface area contributed by atoms with Gasteiger partial charge < -0.3 is 9.52 Å². The van der Waals surface area contributed by atoms with Gasteiger partial charge in [-0.3, -0.25) is 5.32 Å². The van der Waals surface area contributed by atoms with Gasteiger partial charge in [0.25, 0.3) is 0 Å². The van der Waals surface area contributed by atoms with Crippen molar-refractivity contribution in [1.82, 2.24) is 5.32 Å². The van der Waals surface area contributed by atoms with Gasteiger partial charge in [0.05, 0.1) is 24.5 Å². The van der Waals surface area contributed by atoms with E-state index < -0.39 is 0 Å². The summed E-state index contributed by atoms with van der Waals surface area (Å²) in [7, 11) is 0. The third kappa shape index (κ3) is 2.20. The van der Waals surface area contributed by atoms with Crippen LogP contribution in [0.3, 0.4) is 0 Å². The van der Waals surface area contributed by atoms with Gasteiger partial charge in [-0.05, 0) is 36.6 Å². The maximum atomic E-state index is 10.2. The van der Waals surface area contributed by atoms with Crippen LogP contribution in [0.5, 0.6) is 0 Å². The van der Waals surface area contributed by atoms with Crippen LogP contribution >= 0.6 is 0 Å². The van der Waals surface area contributed by atoms with E-state index in [0.717, 1.165) is 17.7 Å². The van der Waals surface area contributed by atoms with E-state index in [1.807, 2.05) is 25.1 Å². The highest BCUT2D eigenvalue weighted by Crippen LogP contribution is 2.33. The summed E-state index contributed by atoms with van der Waals surface area (Å²) in [6.07, 6.45) is 2.06. The molecule has 2 aromatic rings. The SMILES string of the molecule is Cc1ccoc1C(C)NC1c2ccccc2CC1O. The van der Waals surface area contributed by atoms with E-state index in [9.17, 15) is 5.11 Å². The molecule has 1 aliphatic rings. The molecule has 3 unspecified atom stereocenters. The average molecular weight is 257 g/mol. The van der Waals surface area contributed by atoms with Gasteiger partial charge in [0.2, 0.25) is 0 Å². The second-order valence-electron chi connectivity index (χ2n) is 5.30. The van der Waals surface area contributed by atoms with E-state index in [1.165, 1.54) is 11.1 Å². The number of fused-ring (bicyclic) bond motifs is 1. The molecule has 0 saturated carbocycles. The van der Waals surface area contributed by atoms with E-state index in [0.29, 0.717) is 0 Å². The smallest absolute Gasteiger partial charge is 0.123 e. The van der Waals surface area contributed by atoms with Crippen LogP contribution in [-0.2, 0) is 6.42 Å². The molecule has 1 aromatic carbocycles. The predicted octanol–water partition coefficient (Wildman–Crippen LogP) is 2.90. The first-order chi connectivity index (χ1) is 9.16. The fourth-order valence-corrected chi connectivity index (χ4v) is 2.95. The van der Waals surface area contributed by atoms with Crippen LogP contribution in [0.25, 0.3) is 0 Å². The lowest BCUT2D eigenvalue weighted by Crippen LogP contribution is -2.31. The predicted molar refractivity (Wildman–Crippen MR) is 73.9 cm³/mol. The topological polar surface area (TPSA) is 45.4 Å². The Labute approximate surface area is 113 Å². The summed E-state index contributed by atoms with van der Waals surface area (Å²) >= 11 is 0. The zero-order chi connectivity index (χ0) is 13.4. The molecule has 0 spiro atoms. The molecule has 0 radical (unpaired) electrons. The van der Waals surface area contributed by atoms with Crippen LogP contribution in [0.1, 0.15) is 41.5 Å². The molecule has 0 amide bonds. The van der Waals surface area contributed by atoms with Crippen LogP contribution < -0.4 is 5.32 Å². The van der Waals surface area contributed by atoms with E-state index >= 15 is 0 Å². The van der Waals surface area contributed by atoms with Crippen molar-refractivity contribution in [1.29, 1.82) is 0 Å². The second kappa shape index (κ2) is 4.83. The first-order valence-corrected chi connectivity index (χ1v) is 6.72. The Bertz CT molecular complexity index is 576. The molecule has 3 nitrogen and oxygen atoms in total. The third-order valence-corrected chi connectivity index (χ3v) is 3.93. The Morgan fingerprint density at radius 2 is 2.11 bits per heavy atom. The van der Waals surface area contributed by atoms with Crippen LogP contribution in [0, 0.1) is 6.92 Å². The summed E-state index contributed by atoms with van der Waals surface area (Å²) in [6, 6.07) is 10.2. The van der Waals surface area contributed by atoms with Crippen molar-refractivity contribution in [2.24, 2.45) is 0 Å². The van der Waals surface area contributed by atoms with Crippen molar-refractivity contribution < 1.29 is 9.52 Å². The third-order valence-electron chi connectivity index (χ3n) is 3.93. The van der Waals surface area contributed by atoms with Gasteiger partial charge in [0, 0.05) is 6.42 Å². The van der Waals surface area contributed by atoms with E-state index in [1.54, 1.807) is 6.26 Å². The highest BCUT2D eigenvalue weighted by atomic mass is 16.3. The Balaban J connectivity index is 1.82.